The number of aryl methyl sites for hydroxylation is 2. The van der Waals surface area contributed by atoms with E-state index < -0.39 is 9.84 Å². The second-order valence-electron chi connectivity index (χ2n) is 4.29. The van der Waals surface area contributed by atoms with Crippen molar-refractivity contribution in [3.05, 3.63) is 29.3 Å². The van der Waals surface area contributed by atoms with E-state index in [-0.39, 0.29) is 5.75 Å². The average Bonchev–Trinajstić information content (AvgIpc) is 2.28. The first-order valence-electron chi connectivity index (χ1n) is 5.98. The Hall–Kier alpha value is -0.870. The molecular weight excluding hydrogens is 234 g/mol. The number of hydrogen-bond donors (Lipinski definition) is 1. The van der Waals surface area contributed by atoms with E-state index in [9.17, 15) is 8.42 Å². The third kappa shape index (κ3) is 4.13. The zero-order chi connectivity index (χ0) is 12.9. The number of nitrogens with one attached hydrogen (secondary N) is 1. The highest BCUT2D eigenvalue weighted by Gasteiger charge is 2.16. The van der Waals surface area contributed by atoms with Gasteiger partial charge in [0.2, 0.25) is 0 Å². The molecule has 0 saturated carbocycles. The minimum Gasteiger partial charge on any atom is -0.317 e. The Bertz CT molecular complexity index is 466. The van der Waals surface area contributed by atoms with Crippen molar-refractivity contribution >= 4 is 9.84 Å². The highest BCUT2D eigenvalue weighted by Crippen LogP contribution is 2.18. The summed E-state index contributed by atoms with van der Waals surface area (Å²) in [5.74, 6) is 0.213. The van der Waals surface area contributed by atoms with Gasteiger partial charge in [0.1, 0.15) is 0 Å². The average molecular weight is 255 g/mol. The second-order valence-corrected chi connectivity index (χ2v) is 6.37. The lowest BCUT2D eigenvalue weighted by molar-refractivity contribution is 0.589. The lowest BCUT2D eigenvalue weighted by atomic mass is 10.2. The van der Waals surface area contributed by atoms with Gasteiger partial charge in [0.15, 0.2) is 9.84 Å². The second kappa shape index (κ2) is 6.17. The molecular formula is C13H21NO2S. The molecule has 3 nitrogen and oxygen atoms in total. The Morgan fingerprint density at radius 2 is 1.94 bits per heavy atom. The molecule has 0 radical (unpaired) electrons. The van der Waals surface area contributed by atoms with Gasteiger partial charge in [-0.1, -0.05) is 19.1 Å². The molecule has 0 aliphatic heterocycles. The van der Waals surface area contributed by atoms with E-state index in [4.69, 9.17) is 0 Å². The van der Waals surface area contributed by atoms with Crippen LogP contribution in [0.2, 0.25) is 0 Å². The van der Waals surface area contributed by atoms with Gasteiger partial charge in [0.25, 0.3) is 0 Å². The van der Waals surface area contributed by atoms with Gasteiger partial charge in [0, 0.05) is 0 Å². The maximum Gasteiger partial charge on any atom is 0.178 e. The molecule has 1 aromatic carbocycles. The van der Waals surface area contributed by atoms with Crippen LogP contribution >= 0.6 is 0 Å². The smallest absolute Gasteiger partial charge is 0.178 e. The van der Waals surface area contributed by atoms with Crippen molar-refractivity contribution in [2.75, 3.05) is 18.8 Å². The van der Waals surface area contributed by atoms with Crippen molar-refractivity contribution in [1.29, 1.82) is 0 Å². The van der Waals surface area contributed by atoms with Gasteiger partial charge in [-0.05, 0) is 50.6 Å². The van der Waals surface area contributed by atoms with Crippen LogP contribution in [0, 0.1) is 13.8 Å². The lowest BCUT2D eigenvalue weighted by Gasteiger charge is -2.08. The van der Waals surface area contributed by atoms with Gasteiger partial charge < -0.3 is 5.32 Å². The summed E-state index contributed by atoms with van der Waals surface area (Å²) < 4.78 is 24.3. The van der Waals surface area contributed by atoms with Gasteiger partial charge in [0.05, 0.1) is 10.6 Å². The summed E-state index contributed by atoms with van der Waals surface area (Å²) in [6.07, 6.45) is 0.656. The Morgan fingerprint density at radius 1 is 1.24 bits per heavy atom. The first-order valence-corrected chi connectivity index (χ1v) is 7.63. The molecule has 0 atom stereocenters. The van der Waals surface area contributed by atoms with Gasteiger partial charge in [-0.25, -0.2) is 8.42 Å². The zero-order valence-electron chi connectivity index (χ0n) is 10.8. The SMILES string of the molecule is CCNCCCS(=O)(=O)c1cc(C)ccc1C. The predicted octanol–water partition coefficient (Wildman–Crippen LogP) is 2.08. The van der Waals surface area contributed by atoms with Crippen LogP contribution in [0.5, 0.6) is 0 Å². The topological polar surface area (TPSA) is 46.2 Å². The maximum atomic E-state index is 12.1. The number of hydrogen-bond acceptors (Lipinski definition) is 3. The minimum absolute atomic E-state index is 0.213. The summed E-state index contributed by atoms with van der Waals surface area (Å²) in [6.45, 7) is 7.40. The summed E-state index contributed by atoms with van der Waals surface area (Å²) in [5.41, 5.74) is 1.82. The van der Waals surface area contributed by atoms with Crippen LogP contribution < -0.4 is 5.32 Å². The molecule has 0 bridgehead atoms. The molecule has 0 aliphatic rings. The maximum absolute atomic E-state index is 12.1. The summed E-state index contributed by atoms with van der Waals surface area (Å²) in [5, 5.41) is 3.13. The predicted molar refractivity (Wildman–Crippen MR) is 71.1 cm³/mol. The van der Waals surface area contributed by atoms with Crippen molar-refractivity contribution in [3.8, 4) is 0 Å². The monoisotopic (exact) mass is 255 g/mol. The standard InChI is InChI=1S/C13H21NO2S/c1-4-14-8-5-9-17(15,16)13-10-11(2)6-7-12(13)3/h6-7,10,14H,4-5,8-9H2,1-3H3. The molecule has 96 valence electrons. The molecule has 0 aliphatic carbocycles. The van der Waals surface area contributed by atoms with Crippen LogP contribution in [0.4, 0.5) is 0 Å². The van der Waals surface area contributed by atoms with Crippen LogP contribution in [-0.4, -0.2) is 27.3 Å². The Kier molecular flexibility index (Phi) is 5.15. The Labute approximate surface area is 104 Å². The fourth-order valence-corrected chi connectivity index (χ4v) is 3.38. The van der Waals surface area contributed by atoms with Gasteiger partial charge >= 0.3 is 0 Å². The van der Waals surface area contributed by atoms with Gasteiger partial charge in [-0.3, -0.25) is 0 Å². The van der Waals surface area contributed by atoms with Crippen molar-refractivity contribution < 1.29 is 8.42 Å². The van der Waals surface area contributed by atoms with Crippen LogP contribution in [0.1, 0.15) is 24.5 Å². The quantitative estimate of drug-likeness (QED) is 0.792. The fraction of sp³-hybridized carbons (Fsp3) is 0.538. The molecule has 0 amide bonds. The molecule has 0 heterocycles. The van der Waals surface area contributed by atoms with Gasteiger partial charge in [-0.2, -0.15) is 0 Å². The summed E-state index contributed by atoms with van der Waals surface area (Å²) in [6, 6.07) is 5.57. The summed E-state index contributed by atoms with van der Waals surface area (Å²) in [7, 11) is -3.13. The van der Waals surface area contributed by atoms with Crippen molar-refractivity contribution in [3.63, 3.8) is 0 Å². The highest BCUT2D eigenvalue weighted by atomic mass is 32.2. The third-order valence-corrected chi connectivity index (χ3v) is 4.63. The fourth-order valence-electron chi connectivity index (χ4n) is 1.72. The van der Waals surface area contributed by atoms with E-state index in [1.807, 2.05) is 32.9 Å². The molecule has 1 aromatic rings. The molecule has 17 heavy (non-hydrogen) atoms. The van der Waals surface area contributed by atoms with Crippen LogP contribution in [0.15, 0.2) is 23.1 Å². The Balaban J connectivity index is 2.79. The van der Waals surface area contributed by atoms with E-state index in [0.717, 1.165) is 24.2 Å². The van der Waals surface area contributed by atoms with Gasteiger partial charge in [-0.15, -0.1) is 0 Å². The lowest BCUT2D eigenvalue weighted by Crippen LogP contribution is -2.18. The molecule has 0 fully saturated rings. The first kappa shape index (κ1) is 14.2. The molecule has 0 unspecified atom stereocenters. The number of benzene rings is 1. The molecule has 0 aromatic heterocycles. The van der Waals surface area contributed by atoms with E-state index in [1.54, 1.807) is 6.07 Å². The van der Waals surface area contributed by atoms with Crippen LogP contribution in [-0.2, 0) is 9.84 Å². The normalized spacial score (nSPS) is 11.7. The van der Waals surface area contributed by atoms with E-state index in [0.29, 0.717) is 11.3 Å². The van der Waals surface area contributed by atoms with E-state index >= 15 is 0 Å². The minimum atomic E-state index is -3.13. The zero-order valence-corrected chi connectivity index (χ0v) is 11.6. The van der Waals surface area contributed by atoms with Crippen LogP contribution in [0.25, 0.3) is 0 Å². The molecule has 0 saturated heterocycles. The van der Waals surface area contributed by atoms with E-state index in [1.165, 1.54) is 0 Å². The number of sulfone groups is 1. The first-order chi connectivity index (χ1) is 7.97. The molecule has 1 rings (SSSR count). The van der Waals surface area contributed by atoms with Crippen molar-refractivity contribution in [2.24, 2.45) is 0 Å². The third-order valence-electron chi connectivity index (χ3n) is 2.70. The largest absolute Gasteiger partial charge is 0.317 e. The number of rotatable bonds is 6. The molecule has 1 N–H and O–H groups in total. The van der Waals surface area contributed by atoms with Crippen molar-refractivity contribution in [2.45, 2.75) is 32.1 Å². The Morgan fingerprint density at radius 3 is 2.59 bits per heavy atom. The molecule has 4 heteroatoms. The highest BCUT2D eigenvalue weighted by molar-refractivity contribution is 7.91. The van der Waals surface area contributed by atoms with Crippen LogP contribution in [0.3, 0.4) is 0 Å². The summed E-state index contributed by atoms with van der Waals surface area (Å²) in [4.78, 5) is 0.481. The van der Waals surface area contributed by atoms with Crippen molar-refractivity contribution in [1.82, 2.24) is 5.32 Å². The summed E-state index contributed by atoms with van der Waals surface area (Å²) >= 11 is 0. The molecule has 0 spiro atoms. The van der Waals surface area contributed by atoms with E-state index in [2.05, 4.69) is 5.32 Å².